The zero-order valence-corrected chi connectivity index (χ0v) is 11.0. The largest absolute Gasteiger partial charge is 0.492 e. The van der Waals surface area contributed by atoms with Gasteiger partial charge in [-0.25, -0.2) is 0 Å². The number of methoxy groups -OCH3 is 2. The van der Waals surface area contributed by atoms with E-state index in [0.29, 0.717) is 34.3 Å². The molecule has 0 N–H and O–H groups in total. The second kappa shape index (κ2) is 5.49. The highest BCUT2D eigenvalue weighted by molar-refractivity contribution is 6.12. The fourth-order valence-electron chi connectivity index (χ4n) is 1.70. The average Bonchev–Trinajstić information content (AvgIpc) is 2.38. The normalized spacial score (nSPS) is 17.2. The van der Waals surface area contributed by atoms with Crippen LogP contribution >= 0.6 is 0 Å². The van der Waals surface area contributed by atoms with E-state index in [1.54, 1.807) is 13.8 Å². The summed E-state index contributed by atoms with van der Waals surface area (Å²) in [5.41, 5.74) is 2.13. The predicted octanol–water partition coefficient (Wildman–Crippen LogP) is 2.09. The molecule has 96 valence electrons. The third-order valence-corrected chi connectivity index (χ3v) is 2.75. The van der Waals surface area contributed by atoms with Crippen LogP contribution in [0, 0.1) is 0 Å². The molecule has 0 amide bonds. The lowest BCUT2D eigenvalue weighted by molar-refractivity contribution is -0.115. The zero-order valence-electron chi connectivity index (χ0n) is 11.0. The molecule has 18 heavy (non-hydrogen) atoms. The summed E-state index contributed by atoms with van der Waals surface area (Å²) in [6, 6.07) is 0. The molecule has 0 bridgehead atoms. The van der Waals surface area contributed by atoms with E-state index in [0.717, 1.165) is 0 Å². The number of aldehydes is 1. The first-order chi connectivity index (χ1) is 8.47. The SMILES string of the molecule is C=C1C(C)=C(/C=C(\C)C=O)C(=O)C(OC)=C1OC. The lowest BCUT2D eigenvalue weighted by Gasteiger charge is -2.21. The van der Waals surface area contributed by atoms with Crippen LogP contribution in [0.3, 0.4) is 0 Å². The lowest BCUT2D eigenvalue weighted by atomic mass is 9.90. The number of allylic oxidation sites excluding steroid dienone is 4. The van der Waals surface area contributed by atoms with Gasteiger partial charge in [0.15, 0.2) is 5.76 Å². The first-order valence-electron chi connectivity index (χ1n) is 5.38. The Kier molecular flexibility index (Phi) is 4.26. The molecule has 0 saturated heterocycles. The number of ether oxygens (including phenoxy) is 2. The number of carbonyl (C=O) groups is 2. The number of hydrogen-bond acceptors (Lipinski definition) is 4. The molecule has 0 aromatic carbocycles. The maximum atomic E-state index is 12.2. The van der Waals surface area contributed by atoms with Crippen molar-refractivity contribution in [2.75, 3.05) is 14.2 Å². The highest BCUT2D eigenvalue weighted by Crippen LogP contribution is 2.32. The van der Waals surface area contributed by atoms with Crippen LogP contribution in [0.25, 0.3) is 0 Å². The molecular weight excluding hydrogens is 232 g/mol. The highest BCUT2D eigenvalue weighted by atomic mass is 16.5. The van der Waals surface area contributed by atoms with Crippen LogP contribution in [0.1, 0.15) is 13.8 Å². The number of hydrogen-bond donors (Lipinski definition) is 0. The second-order valence-corrected chi connectivity index (χ2v) is 3.92. The number of ketones is 1. The topological polar surface area (TPSA) is 52.6 Å². The van der Waals surface area contributed by atoms with Gasteiger partial charge in [0.25, 0.3) is 0 Å². The van der Waals surface area contributed by atoms with Gasteiger partial charge in [0, 0.05) is 11.1 Å². The number of carbonyl (C=O) groups excluding carboxylic acids is 2. The van der Waals surface area contributed by atoms with E-state index < -0.39 is 0 Å². The molecule has 0 fully saturated rings. The summed E-state index contributed by atoms with van der Waals surface area (Å²) in [4.78, 5) is 22.9. The van der Waals surface area contributed by atoms with Crippen LogP contribution in [-0.2, 0) is 19.1 Å². The molecule has 0 saturated carbocycles. The van der Waals surface area contributed by atoms with Crippen molar-refractivity contribution in [3.63, 3.8) is 0 Å². The molecule has 0 aromatic heterocycles. The fourth-order valence-corrected chi connectivity index (χ4v) is 1.70. The molecule has 4 heteroatoms. The molecule has 0 spiro atoms. The maximum Gasteiger partial charge on any atom is 0.231 e. The van der Waals surface area contributed by atoms with Crippen molar-refractivity contribution in [1.82, 2.24) is 0 Å². The summed E-state index contributed by atoms with van der Waals surface area (Å²) in [6.07, 6.45) is 2.22. The standard InChI is InChI=1S/C14H16O4/c1-8(7-15)6-11-9(2)10(3)13(17-4)14(18-5)12(11)16/h6-7H,3H2,1-2,4-5H3/b8-6+. The zero-order chi connectivity index (χ0) is 13.9. The van der Waals surface area contributed by atoms with Gasteiger partial charge in [-0.15, -0.1) is 0 Å². The number of Topliss-reactive ketones (excluding diaryl/α,β-unsaturated/α-hetero) is 1. The van der Waals surface area contributed by atoms with Gasteiger partial charge in [0.05, 0.1) is 14.2 Å². The van der Waals surface area contributed by atoms with Crippen molar-refractivity contribution < 1.29 is 19.1 Å². The van der Waals surface area contributed by atoms with Gasteiger partial charge < -0.3 is 9.47 Å². The van der Waals surface area contributed by atoms with Gasteiger partial charge in [-0.05, 0) is 31.1 Å². The van der Waals surface area contributed by atoms with E-state index in [4.69, 9.17) is 9.47 Å². The molecule has 0 unspecified atom stereocenters. The summed E-state index contributed by atoms with van der Waals surface area (Å²) in [5, 5.41) is 0. The van der Waals surface area contributed by atoms with E-state index in [-0.39, 0.29) is 11.5 Å². The van der Waals surface area contributed by atoms with Crippen LogP contribution in [0.5, 0.6) is 0 Å². The van der Waals surface area contributed by atoms with Gasteiger partial charge in [0.2, 0.25) is 11.5 Å². The molecule has 1 aliphatic rings. The Labute approximate surface area is 106 Å². The molecule has 0 atom stereocenters. The van der Waals surface area contributed by atoms with E-state index in [2.05, 4.69) is 6.58 Å². The van der Waals surface area contributed by atoms with Crippen molar-refractivity contribution in [1.29, 1.82) is 0 Å². The van der Waals surface area contributed by atoms with Gasteiger partial charge in [0.1, 0.15) is 6.29 Å². The Morgan fingerprint density at radius 3 is 2.22 bits per heavy atom. The minimum Gasteiger partial charge on any atom is -0.492 e. The van der Waals surface area contributed by atoms with Gasteiger partial charge in [-0.3, -0.25) is 9.59 Å². The van der Waals surface area contributed by atoms with E-state index in [1.165, 1.54) is 20.3 Å². The second-order valence-electron chi connectivity index (χ2n) is 3.92. The Balaban J connectivity index is 3.40. The average molecular weight is 248 g/mol. The van der Waals surface area contributed by atoms with Gasteiger partial charge in [-0.2, -0.15) is 0 Å². The summed E-state index contributed by atoms with van der Waals surface area (Å²) in [5.74, 6) is 0.138. The summed E-state index contributed by atoms with van der Waals surface area (Å²) >= 11 is 0. The molecule has 1 rings (SSSR count). The predicted molar refractivity (Wildman–Crippen MR) is 67.7 cm³/mol. The Morgan fingerprint density at radius 1 is 1.22 bits per heavy atom. The van der Waals surface area contributed by atoms with Gasteiger partial charge in [-0.1, -0.05) is 6.58 Å². The Morgan fingerprint density at radius 2 is 1.78 bits per heavy atom. The molecule has 1 aliphatic carbocycles. The molecule has 0 aromatic rings. The Bertz CT molecular complexity index is 504. The van der Waals surface area contributed by atoms with Crippen LogP contribution in [0.15, 0.2) is 46.5 Å². The first-order valence-corrected chi connectivity index (χ1v) is 5.38. The monoisotopic (exact) mass is 248 g/mol. The minimum atomic E-state index is -0.305. The molecular formula is C14H16O4. The van der Waals surface area contributed by atoms with Crippen molar-refractivity contribution in [2.45, 2.75) is 13.8 Å². The van der Waals surface area contributed by atoms with Crippen molar-refractivity contribution in [3.8, 4) is 0 Å². The lowest BCUT2D eigenvalue weighted by Crippen LogP contribution is -2.19. The van der Waals surface area contributed by atoms with Crippen molar-refractivity contribution in [3.05, 3.63) is 46.5 Å². The van der Waals surface area contributed by atoms with Crippen LogP contribution in [0.2, 0.25) is 0 Å². The fraction of sp³-hybridized carbons (Fsp3) is 0.286. The third-order valence-electron chi connectivity index (χ3n) is 2.75. The molecule has 4 nitrogen and oxygen atoms in total. The van der Waals surface area contributed by atoms with E-state index >= 15 is 0 Å². The van der Waals surface area contributed by atoms with Crippen LogP contribution in [0.4, 0.5) is 0 Å². The smallest absolute Gasteiger partial charge is 0.231 e. The van der Waals surface area contributed by atoms with E-state index in [9.17, 15) is 9.59 Å². The van der Waals surface area contributed by atoms with Crippen molar-refractivity contribution >= 4 is 12.1 Å². The number of rotatable bonds is 4. The highest BCUT2D eigenvalue weighted by Gasteiger charge is 2.30. The maximum absolute atomic E-state index is 12.2. The van der Waals surface area contributed by atoms with Crippen molar-refractivity contribution in [2.24, 2.45) is 0 Å². The summed E-state index contributed by atoms with van der Waals surface area (Å²) in [6.45, 7) is 7.26. The summed E-state index contributed by atoms with van der Waals surface area (Å²) < 4.78 is 10.2. The molecule has 0 heterocycles. The first kappa shape index (κ1) is 14.0. The van der Waals surface area contributed by atoms with Crippen LogP contribution < -0.4 is 0 Å². The molecule has 0 radical (unpaired) electrons. The summed E-state index contributed by atoms with van der Waals surface area (Å²) in [7, 11) is 2.85. The third kappa shape index (κ3) is 2.27. The molecule has 0 aliphatic heterocycles. The van der Waals surface area contributed by atoms with Gasteiger partial charge >= 0.3 is 0 Å². The Hall–Kier alpha value is -2.10. The van der Waals surface area contributed by atoms with Crippen LogP contribution in [-0.4, -0.2) is 26.3 Å². The van der Waals surface area contributed by atoms with E-state index in [1.807, 2.05) is 0 Å². The quantitative estimate of drug-likeness (QED) is 0.564. The minimum absolute atomic E-state index is 0.109.